The number of nitrogens with zero attached hydrogens (tertiary/aromatic N) is 3. The maximum Gasteiger partial charge on any atom is 0.246 e. The van der Waals surface area contributed by atoms with Gasteiger partial charge in [-0.15, -0.1) is 0 Å². The van der Waals surface area contributed by atoms with Crippen molar-refractivity contribution in [3.63, 3.8) is 0 Å². The minimum Gasteiger partial charge on any atom is -0.340 e. The second-order valence-electron chi connectivity index (χ2n) is 7.04. The van der Waals surface area contributed by atoms with Crippen molar-refractivity contribution in [1.29, 1.82) is 0 Å². The number of carbonyl (C=O) groups is 2. The van der Waals surface area contributed by atoms with Crippen LogP contribution >= 0.6 is 0 Å². The molecule has 5 nitrogen and oxygen atoms in total. The molecule has 0 atom stereocenters. The highest BCUT2D eigenvalue weighted by Gasteiger charge is 2.23. The van der Waals surface area contributed by atoms with Crippen LogP contribution in [0.4, 0.5) is 8.78 Å². The van der Waals surface area contributed by atoms with Gasteiger partial charge in [0.1, 0.15) is 11.6 Å². The van der Waals surface area contributed by atoms with Crippen molar-refractivity contribution >= 4 is 17.9 Å². The highest BCUT2D eigenvalue weighted by Crippen LogP contribution is 2.12. The lowest BCUT2D eigenvalue weighted by atomic mass is 10.2. The number of amides is 2. The van der Waals surface area contributed by atoms with E-state index in [1.807, 2.05) is 4.90 Å². The third-order valence-electron chi connectivity index (χ3n) is 5.09. The highest BCUT2D eigenvalue weighted by atomic mass is 19.1. The molecular weight excluding hydrogens is 352 g/mol. The van der Waals surface area contributed by atoms with Crippen LogP contribution in [0.2, 0.25) is 0 Å². The van der Waals surface area contributed by atoms with E-state index >= 15 is 0 Å². The predicted molar refractivity (Wildman–Crippen MR) is 98.8 cm³/mol. The smallest absolute Gasteiger partial charge is 0.246 e. The van der Waals surface area contributed by atoms with Crippen LogP contribution in [0.15, 0.2) is 24.3 Å². The van der Waals surface area contributed by atoms with Crippen LogP contribution in [0.5, 0.6) is 0 Å². The summed E-state index contributed by atoms with van der Waals surface area (Å²) < 4.78 is 26.4. The molecule has 2 aliphatic rings. The zero-order valence-electron chi connectivity index (χ0n) is 15.4. The molecule has 0 aliphatic carbocycles. The molecule has 146 valence electrons. The number of hydrogen-bond donors (Lipinski definition) is 0. The van der Waals surface area contributed by atoms with Crippen molar-refractivity contribution in [2.45, 2.75) is 19.3 Å². The van der Waals surface area contributed by atoms with Crippen LogP contribution in [0.3, 0.4) is 0 Å². The van der Waals surface area contributed by atoms with Crippen molar-refractivity contribution in [3.8, 4) is 0 Å². The van der Waals surface area contributed by atoms with Gasteiger partial charge in [0.15, 0.2) is 0 Å². The van der Waals surface area contributed by atoms with E-state index in [0.29, 0.717) is 38.2 Å². The number of hydrogen-bond acceptors (Lipinski definition) is 3. The first-order valence-electron chi connectivity index (χ1n) is 9.44. The van der Waals surface area contributed by atoms with Crippen LogP contribution in [-0.2, 0) is 9.59 Å². The average molecular weight is 377 g/mol. The number of benzene rings is 1. The van der Waals surface area contributed by atoms with Crippen molar-refractivity contribution in [2.75, 3.05) is 45.8 Å². The van der Waals surface area contributed by atoms with Gasteiger partial charge in [-0.2, -0.15) is 0 Å². The number of carbonyl (C=O) groups excluding carboxylic acids is 2. The summed E-state index contributed by atoms with van der Waals surface area (Å²) in [4.78, 5) is 30.5. The van der Waals surface area contributed by atoms with Gasteiger partial charge in [0, 0.05) is 51.3 Å². The third-order valence-corrected chi connectivity index (χ3v) is 5.09. The highest BCUT2D eigenvalue weighted by molar-refractivity contribution is 5.92. The first kappa shape index (κ1) is 19.5. The molecule has 1 aromatic carbocycles. The first-order chi connectivity index (χ1) is 13.0. The Labute approximate surface area is 158 Å². The molecule has 2 heterocycles. The van der Waals surface area contributed by atoms with Crippen LogP contribution in [0.1, 0.15) is 24.8 Å². The molecule has 0 aromatic heterocycles. The minimum atomic E-state index is -0.684. The van der Waals surface area contributed by atoms with E-state index in [0.717, 1.165) is 25.7 Å². The molecule has 0 N–H and O–H groups in total. The summed E-state index contributed by atoms with van der Waals surface area (Å²) >= 11 is 0. The van der Waals surface area contributed by atoms with Gasteiger partial charge in [0.05, 0.1) is 0 Å². The van der Waals surface area contributed by atoms with Gasteiger partial charge >= 0.3 is 0 Å². The molecule has 0 radical (unpaired) electrons. The van der Waals surface area contributed by atoms with Gasteiger partial charge in [-0.25, -0.2) is 8.78 Å². The summed E-state index contributed by atoms with van der Waals surface area (Å²) in [7, 11) is 0. The van der Waals surface area contributed by atoms with Crippen LogP contribution in [0.25, 0.3) is 6.08 Å². The summed E-state index contributed by atoms with van der Waals surface area (Å²) in [6, 6.07) is 3.12. The fraction of sp³-hybridized carbons (Fsp3) is 0.500. The molecule has 27 heavy (non-hydrogen) atoms. The fourth-order valence-electron chi connectivity index (χ4n) is 3.54. The predicted octanol–water partition coefficient (Wildman–Crippen LogP) is 2.13. The van der Waals surface area contributed by atoms with Crippen molar-refractivity contribution in [3.05, 3.63) is 41.5 Å². The molecule has 2 saturated heterocycles. The van der Waals surface area contributed by atoms with Crippen LogP contribution < -0.4 is 0 Å². The Morgan fingerprint density at radius 2 is 1.67 bits per heavy atom. The molecule has 2 aliphatic heterocycles. The molecular formula is C20H25F2N3O2. The van der Waals surface area contributed by atoms with Crippen molar-refractivity contribution in [2.24, 2.45) is 0 Å². The lowest BCUT2D eigenvalue weighted by Crippen LogP contribution is -2.39. The van der Waals surface area contributed by atoms with Gasteiger partial charge in [-0.05, 0) is 49.7 Å². The van der Waals surface area contributed by atoms with Crippen molar-refractivity contribution in [1.82, 2.24) is 14.7 Å². The second kappa shape index (κ2) is 9.08. The topological polar surface area (TPSA) is 43.9 Å². The standard InChI is InChI=1S/C20H25F2N3O2/c21-17-13-16(14-18(22)15-17)3-4-19(26)24-8-5-20(27)25(12-11-24)10-9-23-6-1-2-7-23/h3-4,13-15H,1-2,5-12H2. The van der Waals surface area contributed by atoms with Gasteiger partial charge in [-0.3, -0.25) is 9.59 Å². The van der Waals surface area contributed by atoms with Gasteiger partial charge in [-0.1, -0.05) is 0 Å². The zero-order valence-corrected chi connectivity index (χ0v) is 15.4. The summed E-state index contributed by atoms with van der Waals surface area (Å²) in [6.45, 7) is 5.10. The third kappa shape index (κ3) is 5.60. The monoisotopic (exact) mass is 377 g/mol. The maximum absolute atomic E-state index is 13.2. The van der Waals surface area contributed by atoms with E-state index in [9.17, 15) is 18.4 Å². The molecule has 0 spiro atoms. The summed E-state index contributed by atoms with van der Waals surface area (Å²) in [6.07, 6.45) is 5.44. The SMILES string of the molecule is O=C(C=Cc1cc(F)cc(F)c1)N1CCC(=O)N(CCN2CCCC2)CC1. The Hall–Kier alpha value is -2.28. The van der Waals surface area contributed by atoms with Gasteiger partial charge in [0.2, 0.25) is 11.8 Å². The Bertz CT molecular complexity index is 697. The number of rotatable bonds is 5. The Balaban J connectivity index is 1.53. The minimum absolute atomic E-state index is 0.0701. The van der Waals surface area contributed by atoms with Gasteiger partial charge in [0.25, 0.3) is 0 Å². The number of halogens is 2. The van der Waals surface area contributed by atoms with E-state index in [1.54, 1.807) is 4.90 Å². The van der Waals surface area contributed by atoms with E-state index in [-0.39, 0.29) is 11.8 Å². The molecule has 1 aromatic rings. The van der Waals surface area contributed by atoms with E-state index in [2.05, 4.69) is 4.90 Å². The van der Waals surface area contributed by atoms with Gasteiger partial charge < -0.3 is 14.7 Å². The normalized spacial score (nSPS) is 19.1. The van der Waals surface area contributed by atoms with Crippen LogP contribution in [0, 0.1) is 11.6 Å². The molecule has 7 heteroatoms. The van der Waals surface area contributed by atoms with E-state index < -0.39 is 11.6 Å². The summed E-state index contributed by atoms with van der Waals surface area (Å²) in [5.41, 5.74) is 0.291. The number of likely N-dealkylation sites (tertiary alicyclic amines) is 1. The van der Waals surface area contributed by atoms with E-state index in [1.165, 1.54) is 37.1 Å². The lowest BCUT2D eigenvalue weighted by Gasteiger charge is -2.24. The molecule has 3 rings (SSSR count). The van der Waals surface area contributed by atoms with Crippen LogP contribution in [-0.4, -0.2) is 72.3 Å². The summed E-state index contributed by atoms with van der Waals surface area (Å²) in [5, 5.41) is 0. The summed E-state index contributed by atoms with van der Waals surface area (Å²) in [5.74, 6) is -1.55. The largest absolute Gasteiger partial charge is 0.340 e. The zero-order chi connectivity index (χ0) is 19.2. The molecule has 2 amide bonds. The van der Waals surface area contributed by atoms with E-state index in [4.69, 9.17) is 0 Å². The molecule has 0 unspecified atom stereocenters. The molecule has 2 fully saturated rings. The second-order valence-corrected chi connectivity index (χ2v) is 7.04. The maximum atomic E-state index is 13.2. The molecule has 0 bridgehead atoms. The lowest BCUT2D eigenvalue weighted by molar-refractivity contribution is -0.130. The Morgan fingerprint density at radius 1 is 0.963 bits per heavy atom. The Morgan fingerprint density at radius 3 is 2.37 bits per heavy atom. The Kier molecular flexibility index (Phi) is 6.55. The fourth-order valence-corrected chi connectivity index (χ4v) is 3.54. The van der Waals surface area contributed by atoms with Crippen molar-refractivity contribution < 1.29 is 18.4 Å². The molecule has 0 saturated carbocycles. The quantitative estimate of drug-likeness (QED) is 0.739. The first-order valence-corrected chi connectivity index (χ1v) is 9.44. The average Bonchev–Trinajstić information content (AvgIpc) is 3.07.